The Morgan fingerprint density at radius 2 is 2.29 bits per heavy atom. The highest BCUT2D eigenvalue weighted by molar-refractivity contribution is 5.74. The molecular formula is C14H22N2O5. The van der Waals surface area contributed by atoms with E-state index in [4.69, 9.17) is 14.3 Å². The van der Waals surface area contributed by atoms with Crippen LogP contribution in [0.4, 0.5) is 4.79 Å². The van der Waals surface area contributed by atoms with Gasteiger partial charge in [0.15, 0.2) is 0 Å². The van der Waals surface area contributed by atoms with Crippen LogP contribution in [0.2, 0.25) is 0 Å². The average Bonchev–Trinajstić information content (AvgIpc) is 2.93. The molecule has 0 saturated carbocycles. The van der Waals surface area contributed by atoms with Crippen molar-refractivity contribution in [2.24, 2.45) is 0 Å². The number of furan rings is 1. The lowest BCUT2D eigenvalue weighted by Gasteiger charge is -2.17. The molecule has 7 heteroatoms. The van der Waals surface area contributed by atoms with Gasteiger partial charge in [0.25, 0.3) is 0 Å². The van der Waals surface area contributed by atoms with Crippen molar-refractivity contribution < 1.29 is 23.8 Å². The minimum atomic E-state index is -0.868. The van der Waals surface area contributed by atoms with Crippen LogP contribution in [-0.2, 0) is 16.0 Å². The second-order valence-corrected chi connectivity index (χ2v) is 4.66. The van der Waals surface area contributed by atoms with Gasteiger partial charge in [-0.15, -0.1) is 0 Å². The Morgan fingerprint density at radius 3 is 2.90 bits per heavy atom. The van der Waals surface area contributed by atoms with Gasteiger partial charge in [-0.05, 0) is 25.0 Å². The van der Waals surface area contributed by atoms with Crippen molar-refractivity contribution in [2.45, 2.75) is 31.7 Å². The Labute approximate surface area is 123 Å². The number of urea groups is 1. The van der Waals surface area contributed by atoms with Crippen molar-refractivity contribution in [3.63, 3.8) is 0 Å². The van der Waals surface area contributed by atoms with Crippen LogP contribution in [-0.4, -0.2) is 43.4 Å². The number of hydrogen-bond donors (Lipinski definition) is 3. The van der Waals surface area contributed by atoms with E-state index >= 15 is 0 Å². The Hall–Kier alpha value is -2.02. The molecule has 1 unspecified atom stereocenters. The molecule has 2 amide bonds. The summed E-state index contributed by atoms with van der Waals surface area (Å²) in [6.45, 7) is 0.862. The molecule has 0 aromatic carbocycles. The fraction of sp³-hybridized carbons (Fsp3) is 0.571. The molecule has 3 N–H and O–H groups in total. The Morgan fingerprint density at radius 1 is 1.48 bits per heavy atom. The number of carbonyl (C=O) groups is 2. The summed E-state index contributed by atoms with van der Waals surface area (Å²) < 4.78 is 10.3. The van der Waals surface area contributed by atoms with E-state index in [1.807, 2.05) is 6.07 Å². The third kappa shape index (κ3) is 7.98. The summed E-state index contributed by atoms with van der Waals surface area (Å²) in [5.74, 6) is -0.0738. The first-order valence-corrected chi connectivity index (χ1v) is 6.89. The van der Waals surface area contributed by atoms with Gasteiger partial charge in [0, 0.05) is 39.1 Å². The van der Waals surface area contributed by atoms with Crippen LogP contribution in [0.3, 0.4) is 0 Å². The molecule has 0 fully saturated rings. The summed E-state index contributed by atoms with van der Waals surface area (Å²) in [6, 6.07) is 3.24. The maximum atomic E-state index is 11.7. The highest BCUT2D eigenvalue weighted by Gasteiger charge is 2.14. The van der Waals surface area contributed by atoms with E-state index in [0.29, 0.717) is 32.4 Å². The van der Waals surface area contributed by atoms with E-state index in [0.717, 1.165) is 5.76 Å². The molecule has 0 saturated heterocycles. The van der Waals surface area contributed by atoms with Crippen molar-refractivity contribution in [1.82, 2.24) is 10.6 Å². The maximum Gasteiger partial charge on any atom is 0.315 e. The van der Waals surface area contributed by atoms with Gasteiger partial charge >= 0.3 is 12.0 Å². The Kier molecular flexibility index (Phi) is 7.96. The van der Waals surface area contributed by atoms with Crippen LogP contribution in [0.1, 0.15) is 25.0 Å². The fourth-order valence-electron chi connectivity index (χ4n) is 1.83. The summed E-state index contributed by atoms with van der Waals surface area (Å²) >= 11 is 0. The van der Waals surface area contributed by atoms with E-state index in [1.54, 1.807) is 19.4 Å². The third-order valence-electron chi connectivity index (χ3n) is 2.89. The molecule has 7 nitrogen and oxygen atoms in total. The largest absolute Gasteiger partial charge is 0.481 e. The lowest BCUT2D eigenvalue weighted by atomic mass is 10.1. The molecule has 0 bridgehead atoms. The number of aliphatic carboxylic acids is 1. The number of carbonyl (C=O) groups excluding carboxylic acids is 1. The predicted octanol–water partition coefficient (Wildman–Crippen LogP) is 1.39. The number of hydrogen-bond acceptors (Lipinski definition) is 4. The molecule has 1 rings (SSSR count). The summed E-state index contributed by atoms with van der Waals surface area (Å²) in [7, 11) is 1.61. The zero-order chi connectivity index (χ0) is 15.5. The molecule has 0 aliphatic carbocycles. The van der Waals surface area contributed by atoms with Crippen molar-refractivity contribution >= 4 is 12.0 Å². The molecule has 21 heavy (non-hydrogen) atoms. The average molecular weight is 298 g/mol. The van der Waals surface area contributed by atoms with Crippen molar-refractivity contribution in [2.75, 3.05) is 20.3 Å². The molecular weight excluding hydrogens is 276 g/mol. The number of nitrogens with one attached hydrogen (secondary N) is 2. The van der Waals surface area contributed by atoms with Crippen LogP contribution in [0, 0.1) is 0 Å². The highest BCUT2D eigenvalue weighted by Crippen LogP contribution is 2.07. The van der Waals surface area contributed by atoms with Crippen molar-refractivity contribution in [3.05, 3.63) is 24.2 Å². The number of rotatable bonds is 10. The zero-order valence-electron chi connectivity index (χ0n) is 12.1. The molecule has 0 spiro atoms. The van der Waals surface area contributed by atoms with Gasteiger partial charge in [-0.25, -0.2) is 4.79 Å². The topological polar surface area (TPSA) is 101 Å². The lowest BCUT2D eigenvalue weighted by molar-refractivity contribution is -0.137. The minimum Gasteiger partial charge on any atom is -0.481 e. The smallest absolute Gasteiger partial charge is 0.315 e. The molecule has 118 valence electrons. The van der Waals surface area contributed by atoms with Gasteiger partial charge < -0.3 is 24.9 Å². The molecule has 1 aromatic rings. The van der Waals surface area contributed by atoms with E-state index in [9.17, 15) is 9.59 Å². The second-order valence-electron chi connectivity index (χ2n) is 4.66. The van der Waals surface area contributed by atoms with E-state index in [-0.39, 0.29) is 18.5 Å². The fourth-order valence-corrected chi connectivity index (χ4v) is 1.83. The first-order valence-electron chi connectivity index (χ1n) is 6.89. The summed E-state index contributed by atoms with van der Waals surface area (Å²) in [5, 5.41) is 14.0. The quantitative estimate of drug-likeness (QED) is 0.567. The monoisotopic (exact) mass is 298 g/mol. The Bertz CT molecular complexity index is 419. The van der Waals surface area contributed by atoms with Gasteiger partial charge in [-0.2, -0.15) is 0 Å². The highest BCUT2D eigenvalue weighted by atomic mass is 16.5. The van der Waals surface area contributed by atoms with Gasteiger partial charge in [-0.3, -0.25) is 4.79 Å². The van der Waals surface area contributed by atoms with E-state index < -0.39 is 5.97 Å². The van der Waals surface area contributed by atoms with Gasteiger partial charge in [0.2, 0.25) is 0 Å². The second kappa shape index (κ2) is 9.82. The minimum absolute atomic E-state index is 0.0414. The number of amides is 2. The summed E-state index contributed by atoms with van der Waals surface area (Å²) in [6.07, 6.45) is 3.29. The van der Waals surface area contributed by atoms with Crippen LogP contribution in [0.15, 0.2) is 22.8 Å². The summed E-state index contributed by atoms with van der Waals surface area (Å²) in [4.78, 5) is 22.1. The zero-order valence-corrected chi connectivity index (χ0v) is 12.1. The maximum absolute atomic E-state index is 11.7. The van der Waals surface area contributed by atoms with Crippen LogP contribution >= 0.6 is 0 Å². The van der Waals surface area contributed by atoms with Crippen LogP contribution in [0.5, 0.6) is 0 Å². The summed E-state index contributed by atoms with van der Waals surface area (Å²) in [5.41, 5.74) is 0. The van der Waals surface area contributed by atoms with E-state index in [2.05, 4.69) is 10.6 Å². The molecule has 1 atom stereocenters. The molecule has 1 aromatic heterocycles. The first kappa shape index (κ1) is 17.0. The number of carboxylic acid groups (broad SMARTS) is 1. The number of carboxylic acids is 1. The lowest BCUT2D eigenvalue weighted by Crippen LogP contribution is -2.43. The van der Waals surface area contributed by atoms with Gasteiger partial charge in [-0.1, -0.05) is 0 Å². The standard InChI is InChI=1S/C14H22N2O5/c1-20-9-6-11(10-12-4-3-8-21-12)16-14(19)15-7-2-5-13(17)18/h3-4,8,11H,2,5-7,9-10H2,1H3,(H,17,18)(H2,15,16,19). The van der Waals surface area contributed by atoms with Gasteiger partial charge in [0.05, 0.1) is 6.26 Å². The molecule has 0 radical (unpaired) electrons. The van der Waals surface area contributed by atoms with Crippen LogP contribution in [0.25, 0.3) is 0 Å². The van der Waals surface area contributed by atoms with E-state index in [1.165, 1.54) is 0 Å². The predicted molar refractivity (Wildman–Crippen MR) is 76.1 cm³/mol. The first-order chi connectivity index (χ1) is 10.1. The molecule has 1 heterocycles. The molecule has 0 aliphatic heterocycles. The van der Waals surface area contributed by atoms with Crippen molar-refractivity contribution in [1.29, 1.82) is 0 Å². The molecule has 0 aliphatic rings. The number of ether oxygens (including phenoxy) is 1. The SMILES string of the molecule is COCCC(Cc1ccco1)NC(=O)NCCCC(=O)O. The van der Waals surface area contributed by atoms with Crippen LogP contribution < -0.4 is 10.6 Å². The normalized spacial score (nSPS) is 11.9. The van der Waals surface area contributed by atoms with Crippen molar-refractivity contribution in [3.8, 4) is 0 Å². The number of methoxy groups -OCH3 is 1. The van der Waals surface area contributed by atoms with Gasteiger partial charge in [0.1, 0.15) is 5.76 Å². The third-order valence-corrected chi connectivity index (χ3v) is 2.89. The Balaban J connectivity index is 2.33.